The maximum Gasteiger partial charge on any atom is 0.221 e. The molecule has 0 saturated heterocycles. The van der Waals surface area contributed by atoms with Crippen LogP contribution in [0.5, 0.6) is 0 Å². The number of amides is 1. The van der Waals surface area contributed by atoms with Gasteiger partial charge in [0.2, 0.25) is 5.91 Å². The Bertz CT molecular complexity index is 570. The number of hydrogen-bond acceptors (Lipinski definition) is 2. The van der Waals surface area contributed by atoms with Gasteiger partial charge in [0.25, 0.3) is 0 Å². The molecular weight excluding hydrogens is 260 g/mol. The second-order valence-corrected chi connectivity index (χ2v) is 4.62. The van der Waals surface area contributed by atoms with Crippen molar-refractivity contribution in [3.8, 4) is 0 Å². The van der Waals surface area contributed by atoms with Crippen molar-refractivity contribution in [2.45, 2.75) is 13.5 Å². The molecule has 98 valence electrons. The number of hydrogen-bond donors (Lipinski definition) is 2. The molecule has 1 amide bonds. The Balaban J connectivity index is 2.08. The van der Waals surface area contributed by atoms with Crippen molar-refractivity contribution in [3.05, 3.63) is 59.1 Å². The highest BCUT2D eigenvalue weighted by molar-refractivity contribution is 6.33. The van der Waals surface area contributed by atoms with Crippen molar-refractivity contribution in [1.82, 2.24) is 0 Å². The number of halogens is 1. The molecule has 0 aliphatic rings. The van der Waals surface area contributed by atoms with Crippen LogP contribution in [0.15, 0.2) is 48.5 Å². The molecule has 0 aliphatic carbocycles. The molecule has 2 N–H and O–H groups in total. The summed E-state index contributed by atoms with van der Waals surface area (Å²) in [6.45, 7) is 2.16. The number of nitrogens with one attached hydrogen (secondary N) is 2. The molecule has 2 aromatic rings. The largest absolute Gasteiger partial charge is 0.380 e. The summed E-state index contributed by atoms with van der Waals surface area (Å²) in [5.41, 5.74) is 2.70. The molecule has 19 heavy (non-hydrogen) atoms. The lowest BCUT2D eigenvalue weighted by atomic mass is 10.2. The first-order chi connectivity index (χ1) is 9.15. The van der Waals surface area contributed by atoms with Gasteiger partial charge in [0.05, 0.1) is 10.7 Å². The van der Waals surface area contributed by atoms with Crippen LogP contribution in [-0.4, -0.2) is 5.91 Å². The highest BCUT2D eigenvalue weighted by Crippen LogP contribution is 2.26. The summed E-state index contributed by atoms with van der Waals surface area (Å²) in [6, 6.07) is 15.4. The Morgan fingerprint density at radius 1 is 1.16 bits per heavy atom. The minimum absolute atomic E-state index is 0.101. The molecule has 0 saturated carbocycles. The lowest BCUT2D eigenvalue weighted by Gasteiger charge is -2.11. The summed E-state index contributed by atoms with van der Waals surface area (Å²) < 4.78 is 0. The van der Waals surface area contributed by atoms with Crippen molar-refractivity contribution in [2.75, 3.05) is 10.6 Å². The molecule has 0 fully saturated rings. The van der Waals surface area contributed by atoms with Crippen molar-refractivity contribution in [3.63, 3.8) is 0 Å². The van der Waals surface area contributed by atoms with E-state index in [9.17, 15) is 4.79 Å². The molecule has 2 rings (SSSR count). The lowest BCUT2D eigenvalue weighted by Crippen LogP contribution is -2.06. The molecule has 0 spiro atoms. The smallest absolute Gasteiger partial charge is 0.221 e. The molecule has 2 aromatic carbocycles. The van der Waals surface area contributed by atoms with Gasteiger partial charge in [-0.05, 0) is 23.8 Å². The maximum absolute atomic E-state index is 11.0. The fourth-order valence-electron chi connectivity index (χ4n) is 1.73. The lowest BCUT2D eigenvalue weighted by molar-refractivity contribution is -0.114. The average molecular weight is 275 g/mol. The molecule has 0 bridgehead atoms. The Morgan fingerprint density at radius 2 is 1.89 bits per heavy atom. The molecule has 0 heterocycles. The van der Waals surface area contributed by atoms with E-state index in [1.807, 2.05) is 36.4 Å². The Morgan fingerprint density at radius 3 is 2.58 bits per heavy atom. The number of anilines is 2. The normalized spacial score (nSPS) is 10.0. The van der Waals surface area contributed by atoms with Crippen LogP contribution in [0.25, 0.3) is 0 Å². The first-order valence-corrected chi connectivity index (χ1v) is 6.38. The molecule has 0 atom stereocenters. The minimum atomic E-state index is -0.101. The van der Waals surface area contributed by atoms with E-state index in [-0.39, 0.29) is 5.91 Å². The Kier molecular flexibility index (Phi) is 4.42. The van der Waals surface area contributed by atoms with Gasteiger partial charge in [0.1, 0.15) is 0 Å². The molecule has 3 nitrogen and oxygen atoms in total. The van der Waals surface area contributed by atoms with E-state index in [4.69, 9.17) is 11.6 Å². The monoisotopic (exact) mass is 274 g/mol. The van der Waals surface area contributed by atoms with Crippen molar-refractivity contribution >= 4 is 28.9 Å². The molecule has 0 radical (unpaired) electrons. The van der Waals surface area contributed by atoms with E-state index in [1.165, 1.54) is 12.5 Å². The van der Waals surface area contributed by atoms with Gasteiger partial charge < -0.3 is 10.6 Å². The highest BCUT2D eigenvalue weighted by atomic mass is 35.5. The van der Waals surface area contributed by atoms with Crippen LogP contribution in [0.2, 0.25) is 5.02 Å². The van der Waals surface area contributed by atoms with Crippen LogP contribution in [-0.2, 0) is 11.3 Å². The predicted octanol–water partition coefficient (Wildman–Crippen LogP) is 3.91. The zero-order valence-electron chi connectivity index (χ0n) is 10.6. The van der Waals surface area contributed by atoms with Crippen LogP contribution in [0, 0.1) is 0 Å². The zero-order chi connectivity index (χ0) is 13.7. The number of carbonyl (C=O) groups is 1. The fourth-order valence-corrected chi connectivity index (χ4v) is 1.92. The SMILES string of the molecule is CC(=O)Nc1ccc(Cl)c(NCc2ccccc2)c1. The molecule has 0 aromatic heterocycles. The molecule has 4 heteroatoms. The van der Waals surface area contributed by atoms with Gasteiger partial charge in [0.15, 0.2) is 0 Å². The third kappa shape index (κ3) is 4.00. The van der Waals surface area contributed by atoms with Crippen LogP contribution in [0.3, 0.4) is 0 Å². The van der Waals surface area contributed by atoms with E-state index in [0.717, 1.165) is 11.4 Å². The van der Waals surface area contributed by atoms with Gasteiger partial charge in [-0.25, -0.2) is 0 Å². The Labute approximate surface area is 117 Å². The highest BCUT2D eigenvalue weighted by Gasteiger charge is 2.03. The van der Waals surface area contributed by atoms with Gasteiger partial charge >= 0.3 is 0 Å². The standard InChI is InChI=1S/C15H15ClN2O/c1-11(19)18-13-7-8-14(16)15(9-13)17-10-12-5-3-2-4-6-12/h2-9,17H,10H2,1H3,(H,18,19). The third-order valence-electron chi connectivity index (χ3n) is 2.61. The summed E-state index contributed by atoms with van der Waals surface area (Å²) in [6.07, 6.45) is 0. The fraction of sp³-hybridized carbons (Fsp3) is 0.133. The van der Waals surface area contributed by atoms with Crippen molar-refractivity contribution < 1.29 is 4.79 Å². The summed E-state index contributed by atoms with van der Waals surface area (Å²) in [5.74, 6) is -0.101. The average Bonchev–Trinajstić information content (AvgIpc) is 2.40. The predicted molar refractivity (Wildman–Crippen MR) is 79.5 cm³/mol. The minimum Gasteiger partial charge on any atom is -0.380 e. The van der Waals surface area contributed by atoms with Crippen LogP contribution in [0.4, 0.5) is 11.4 Å². The molecular formula is C15H15ClN2O. The Hall–Kier alpha value is -2.00. The van der Waals surface area contributed by atoms with Crippen molar-refractivity contribution in [1.29, 1.82) is 0 Å². The quantitative estimate of drug-likeness (QED) is 0.887. The van der Waals surface area contributed by atoms with Gasteiger partial charge in [-0.2, -0.15) is 0 Å². The summed E-state index contributed by atoms with van der Waals surface area (Å²) in [4.78, 5) is 11.0. The van der Waals surface area contributed by atoms with Crippen molar-refractivity contribution in [2.24, 2.45) is 0 Å². The number of carbonyl (C=O) groups excluding carboxylic acids is 1. The van der Waals surface area contributed by atoms with Gasteiger partial charge in [-0.1, -0.05) is 41.9 Å². The summed E-state index contributed by atoms with van der Waals surface area (Å²) in [5, 5.41) is 6.62. The first kappa shape index (κ1) is 13.4. The summed E-state index contributed by atoms with van der Waals surface area (Å²) >= 11 is 6.12. The topological polar surface area (TPSA) is 41.1 Å². The molecule has 0 aliphatic heterocycles. The van der Waals surface area contributed by atoms with Gasteiger partial charge in [-0.15, -0.1) is 0 Å². The van der Waals surface area contributed by atoms with Gasteiger partial charge in [0, 0.05) is 19.2 Å². The van der Waals surface area contributed by atoms with E-state index in [0.29, 0.717) is 11.6 Å². The van der Waals surface area contributed by atoms with Gasteiger partial charge in [-0.3, -0.25) is 4.79 Å². The van der Waals surface area contributed by atoms with Crippen LogP contribution < -0.4 is 10.6 Å². The second kappa shape index (κ2) is 6.25. The molecule has 0 unspecified atom stereocenters. The summed E-state index contributed by atoms with van der Waals surface area (Å²) in [7, 11) is 0. The van der Waals surface area contributed by atoms with E-state index >= 15 is 0 Å². The first-order valence-electron chi connectivity index (χ1n) is 6.00. The van der Waals surface area contributed by atoms with E-state index in [1.54, 1.807) is 12.1 Å². The van der Waals surface area contributed by atoms with Crippen LogP contribution >= 0.6 is 11.6 Å². The zero-order valence-corrected chi connectivity index (χ0v) is 11.4. The maximum atomic E-state index is 11.0. The van der Waals surface area contributed by atoms with E-state index < -0.39 is 0 Å². The van der Waals surface area contributed by atoms with Crippen LogP contribution in [0.1, 0.15) is 12.5 Å². The third-order valence-corrected chi connectivity index (χ3v) is 2.94. The number of benzene rings is 2. The second-order valence-electron chi connectivity index (χ2n) is 4.21. The van der Waals surface area contributed by atoms with E-state index in [2.05, 4.69) is 10.6 Å². The number of rotatable bonds is 4.